The molecule has 0 unspecified atom stereocenters. The standard InChI is InChI=1S/C18H16ClNO3S2/c1-12-4-3-5-14(10-12)11-23-16-8-6-15(7-9-16)17-20-13(2)18(24-17)25(19,21)22/h3-10H,11H2,1-2H3. The van der Waals surface area contributed by atoms with Gasteiger partial charge in [-0.05, 0) is 43.7 Å². The average molecular weight is 394 g/mol. The van der Waals surface area contributed by atoms with Crippen molar-refractivity contribution in [2.24, 2.45) is 0 Å². The molecule has 3 aromatic rings. The topological polar surface area (TPSA) is 56.3 Å². The Morgan fingerprint density at radius 3 is 2.44 bits per heavy atom. The van der Waals surface area contributed by atoms with Gasteiger partial charge in [-0.15, -0.1) is 11.3 Å². The average Bonchev–Trinajstić information content (AvgIpc) is 2.96. The Hall–Kier alpha value is -1.89. The molecule has 0 aliphatic carbocycles. The zero-order valence-corrected chi connectivity index (χ0v) is 16.1. The first-order chi connectivity index (χ1) is 11.8. The quantitative estimate of drug-likeness (QED) is 0.576. The molecule has 7 heteroatoms. The van der Waals surface area contributed by atoms with Crippen molar-refractivity contribution >= 4 is 31.1 Å². The minimum absolute atomic E-state index is 0.0870. The molecule has 0 saturated heterocycles. The summed E-state index contributed by atoms with van der Waals surface area (Å²) in [5.41, 5.74) is 3.54. The van der Waals surface area contributed by atoms with Crippen LogP contribution in [0.15, 0.2) is 52.7 Å². The Kier molecular flexibility index (Phi) is 5.13. The van der Waals surface area contributed by atoms with E-state index < -0.39 is 9.05 Å². The summed E-state index contributed by atoms with van der Waals surface area (Å²) in [6, 6.07) is 15.6. The van der Waals surface area contributed by atoms with E-state index in [9.17, 15) is 8.42 Å². The molecule has 3 rings (SSSR count). The Labute approximate surface area is 155 Å². The fraction of sp³-hybridized carbons (Fsp3) is 0.167. The number of aromatic nitrogens is 1. The molecule has 0 amide bonds. The molecule has 1 aromatic heterocycles. The predicted octanol–water partition coefficient (Wildman–Crippen LogP) is 4.93. The van der Waals surface area contributed by atoms with Gasteiger partial charge in [0.25, 0.3) is 9.05 Å². The number of ether oxygens (including phenoxy) is 1. The number of hydrogen-bond donors (Lipinski definition) is 0. The molecule has 25 heavy (non-hydrogen) atoms. The Bertz CT molecular complexity index is 995. The highest BCUT2D eigenvalue weighted by Gasteiger charge is 2.19. The van der Waals surface area contributed by atoms with E-state index in [4.69, 9.17) is 15.4 Å². The third-order valence-corrected chi connectivity index (χ3v) is 6.95. The van der Waals surface area contributed by atoms with E-state index in [1.807, 2.05) is 49.4 Å². The van der Waals surface area contributed by atoms with E-state index >= 15 is 0 Å². The Morgan fingerprint density at radius 2 is 1.84 bits per heavy atom. The molecule has 0 spiro atoms. The number of benzene rings is 2. The summed E-state index contributed by atoms with van der Waals surface area (Å²) in [5.74, 6) is 0.740. The molecular formula is C18H16ClNO3S2. The van der Waals surface area contributed by atoms with Crippen molar-refractivity contribution in [3.8, 4) is 16.3 Å². The van der Waals surface area contributed by atoms with E-state index in [0.29, 0.717) is 17.3 Å². The zero-order chi connectivity index (χ0) is 18.0. The smallest absolute Gasteiger partial charge is 0.272 e. The maximum absolute atomic E-state index is 11.5. The fourth-order valence-electron chi connectivity index (χ4n) is 2.39. The van der Waals surface area contributed by atoms with Crippen LogP contribution in [0, 0.1) is 13.8 Å². The zero-order valence-electron chi connectivity index (χ0n) is 13.7. The number of thiazole rings is 1. The summed E-state index contributed by atoms with van der Waals surface area (Å²) in [6.07, 6.45) is 0. The second-order valence-corrected chi connectivity index (χ2v) is 9.39. The van der Waals surface area contributed by atoms with Crippen LogP contribution in [0.25, 0.3) is 10.6 Å². The van der Waals surface area contributed by atoms with Crippen molar-refractivity contribution in [2.75, 3.05) is 0 Å². The van der Waals surface area contributed by atoms with Gasteiger partial charge in [-0.1, -0.05) is 29.8 Å². The molecule has 2 aromatic carbocycles. The van der Waals surface area contributed by atoms with Gasteiger partial charge in [0.05, 0.1) is 5.69 Å². The number of hydrogen-bond acceptors (Lipinski definition) is 5. The summed E-state index contributed by atoms with van der Waals surface area (Å²) in [7, 11) is 1.65. The molecule has 130 valence electrons. The third-order valence-electron chi connectivity index (χ3n) is 3.56. The van der Waals surface area contributed by atoms with Crippen LogP contribution in [0.3, 0.4) is 0 Å². The molecule has 0 N–H and O–H groups in total. The molecule has 0 saturated carbocycles. The molecule has 0 atom stereocenters. The second kappa shape index (κ2) is 7.15. The Morgan fingerprint density at radius 1 is 1.12 bits per heavy atom. The van der Waals surface area contributed by atoms with Gasteiger partial charge in [0, 0.05) is 16.2 Å². The van der Waals surface area contributed by atoms with E-state index in [-0.39, 0.29) is 4.21 Å². The minimum Gasteiger partial charge on any atom is -0.489 e. The molecule has 0 bridgehead atoms. The van der Waals surface area contributed by atoms with Crippen molar-refractivity contribution in [3.63, 3.8) is 0 Å². The molecule has 4 nitrogen and oxygen atoms in total. The second-order valence-electron chi connectivity index (χ2n) is 5.63. The molecule has 0 aliphatic heterocycles. The monoisotopic (exact) mass is 393 g/mol. The lowest BCUT2D eigenvalue weighted by molar-refractivity contribution is 0.306. The first-order valence-corrected chi connectivity index (χ1v) is 10.7. The first kappa shape index (κ1) is 17.9. The molecule has 0 radical (unpaired) electrons. The Balaban J connectivity index is 1.74. The van der Waals surface area contributed by atoms with Gasteiger partial charge in [0.2, 0.25) is 0 Å². The van der Waals surface area contributed by atoms with Gasteiger partial charge in [-0.3, -0.25) is 0 Å². The van der Waals surface area contributed by atoms with Crippen LogP contribution in [0.2, 0.25) is 0 Å². The number of rotatable bonds is 5. The lowest BCUT2D eigenvalue weighted by Crippen LogP contribution is -1.95. The SMILES string of the molecule is Cc1cccc(COc2ccc(-c3nc(C)c(S(=O)(=O)Cl)s3)cc2)c1. The van der Waals surface area contributed by atoms with Gasteiger partial charge in [0.1, 0.15) is 17.4 Å². The largest absolute Gasteiger partial charge is 0.489 e. The van der Waals surface area contributed by atoms with Crippen LogP contribution in [0.4, 0.5) is 0 Å². The summed E-state index contributed by atoms with van der Waals surface area (Å²) < 4.78 is 28.9. The van der Waals surface area contributed by atoms with E-state index in [1.165, 1.54) is 5.56 Å². The normalized spacial score (nSPS) is 11.5. The van der Waals surface area contributed by atoms with Gasteiger partial charge < -0.3 is 4.74 Å². The maximum Gasteiger partial charge on any atom is 0.272 e. The van der Waals surface area contributed by atoms with Gasteiger partial charge in [0.15, 0.2) is 4.21 Å². The predicted molar refractivity (Wildman–Crippen MR) is 101 cm³/mol. The molecule has 0 aliphatic rings. The summed E-state index contributed by atoms with van der Waals surface area (Å²) in [6.45, 7) is 4.17. The molecular weight excluding hydrogens is 378 g/mol. The highest BCUT2D eigenvalue weighted by atomic mass is 35.7. The van der Waals surface area contributed by atoms with Crippen LogP contribution in [-0.4, -0.2) is 13.4 Å². The highest BCUT2D eigenvalue weighted by Crippen LogP contribution is 2.33. The van der Waals surface area contributed by atoms with Crippen LogP contribution in [0.1, 0.15) is 16.8 Å². The van der Waals surface area contributed by atoms with E-state index in [1.54, 1.807) is 6.92 Å². The van der Waals surface area contributed by atoms with Gasteiger partial charge in [-0.25, -0.2) is 13.4 Å². The van der Waals surface area contributed by atoms with Crippen molar-refractivity contribution < 1.29 is 13.2 Å². The van der Waals surface area contributed by atoms with Crippen molar-refractivity contribution in [1.29, 1.82) is 0 Å². The molecule has 1 heterocycles. The third kappa shape index (κ3) is 4.39. The number of aryl methyl sites for hydroxylation is 2. The first-order valence-electron chi connectivity index (χ1n) is 7.54. The summed E-state index contributed by atoms with van der Waals surface area (Å²) >= 11 is 1.07. The maximum atomic E-state index is 11.5. The van der Waals surface area contributed by atoms with Crippen molar-refractivity contribution in [2.45, 2.75) is 24.7 Å². The summed E-state index contributed by atoms with van der Waals surface area (Å²) in [4.78, 5) is 4.29. The van der Waals surface area contributed by atoms with Crippen molar-refractivity contribution in [1.82, 2.24) is 4.98 Å². The van der Waals surface area contributed by atoms with Crippen LogP contribution < -0.4 is 4.74 Å². The van der Waals surface area contributed by atoms with Gasteiger partial charge in [-0.2, -0.15) is 0 Å². The van der Waals surface area contributed by atoms with Crippen LogP contribution in [-0.2, 0) is 15.7 Å². The number of halogens is 1. The highest BCUT2D eigenvalue weighted by molar-refractivity contribution is 8.15. The van der Waals surface area contributed by atoms with Gasteiger partial charge >= 0.3 is 0 Å². The van der Waals surface area contributed by atoms with E-state index in [0.717, 1.165) is 28.2 Å². The lowest BCUT2D eigenvalue weighted by Gasteiger charge is -2.07. The van der Waals surface area contributed by atoms with Crippen LogP contribution in [0.5, 0.6) is 5.75 Å². The van der Waals surface area contributed by atoms with Crippen molar-refractivity contribution in [3.05, 3.63) is 65.4 Å². The summed E-state index contributed by atoms with van der Waals surface area (Å²) in [5, 5.41) is 0.613. The van der Waals surface area contributed by atoms with E-state index in [2.05, 4.69) is 11.1 Å². The number of nitrogens with zero attached hydrogens (tertiary/aromatic N) is 1. The lowest BCUT2D eigenvalue weighted by atomic mass is 10.1. The molecule has 0 fully saturated rings. The fourth-order valence-corrected chi connectivity index (χ4v) is 4.85. The minimum atomic E-state index is -3.77. The van der Waals surface area contributed by atoms with Crippen LogP contribution >= 0.6 is 22.0 Å².